The van der Waals surface area contributed by atoms with Crippen molar-refractivity contribution >= 4 is 34.3 Å². The number of nitrogens with zero attached hydrogens (tertiary/aromatic N) is 3. The molecule has 6 bridgehead atoms. The summed E-state index contributed by atoms with van der Waals surface area (Å²) in [7, 11) is 3.84. The van der Waals surface area contributed by atoms with Gasteiger partial charge in [-0.05, 0) is 77.4 Å². The van der Waals surface area contributed by atoms with Crippen molar-refractivity contribution in [2.45, 2.75) is 141 Å². The van der Waals surface area contributed by atoms with Crippen LogP contribution in [0.25, 0.3) is 10.8 Å². The number of oxime groups is 1. The number of carbonyl (C=O) groups is 3. The number of esters is 1. The van der Waals surface area contributed by atoms with Gasteiger partial charge < -0.3 is 43.3 Å². The third kappa shape index (κ3) is 8.32. The quantitative estimate of drug-likeness (QED) is 0.267. The molecule has 7 rings (SSSR count). The Morgan fingerprint density at radius 1 is 0.983 bits per heavy atom. The smallest absolute Gasteiger partial charge is 0.411 e. The number of cyclic esters (lactones) is 1. The summed E-state index contributed by atoms with van der Waals surface area (Å²) >= 11 is 0. The third-order valence-corrected chi connectivity index (χ3v) is 14.1. The molecule has 2 aromatic rings. The summed E-state index contributed by atoms with van der Waals surface area (Å²) in [5.41, 5.74) is -1.17. The van der Waals surface area contributed by atoms with Crippen molar-refractivity contribution in [1.82, 2.24) is 9.80 Å². The SMILES string of the molecule is CC[C@H]1OC(=O)[C@H](C)[C@H]2OCC3COC(C)(C[C@@H](C)C(=O)[C@H](C)[C@@H]4N(C/C3=N/OCc3cccc5ccccc35)C(=O)OC41C)[C@H](O[C@@H]1O[C@H](C)C[C@H](N(C)C)[C@H]1O)[C@H]2C. The predicted molar refractivity (Wildman–Crippen MR) is 223 cm³/mol. The van der Waals surface area contributed by atoms with E-state index in [9.17, 15) is 19.5 Å². The molecular formula is C46H65N3O11. The van der Waals surface area contributed by atoms with Crippen LogP contribution in [-0.2, 0) is 49.5 Å². The largest absolute Gasteiger partial charge is 0.458 e. The van der Waals surface area contributed by atoms with E-state index in [1.54, 1.807) is 18.7 Å². The summed E-state index contributed by atoms with van der Waals surface area (Å²) in [5.74, 6) is -3.94. The van der Waals surface area contributed by atoms with Crippen molar-refractivity contribution < 1.29 is 52.7 Å². The van der Waals surface area contributed by atoms with Crippen molar-refractivity contribution in [2.24, 2.45) is 34.7 Å². The lowest BCUT2D eigenvalue weighted by Crippen LogP contribution is -2.61. The first-order valence-electron chi connectivity index (χ1n) is 21.8. The number of ether oxygens (including phenoxy) is 6. The van der Waals surface area contributed by atoms with Gasteiger partial charge in [0, 0.05) is 29.7 Å². The lowest BCUT2D eigenvalue weighted by atomic mass is 9.73. The Balaban J connectivity index is 1.38. The summed E-state index contributed by atoms with van der Waals surface area (Å²) in [6.07, 6.45) is -4.29. The van der Waals surface area contributed by atoms with Crippen molar-refractivity contribution in [3.63, 3.8) is 0 Å². The standard InChI is InChI=1S/C46H65N3O11/c1-11-36-46(8)40-27(4)37(50)25(2)20-45(7)41(59-43-38(51)35(48(9)10)19-26(3)57-43)28(5)39(29(6)42(52)58-36)54-22-32(23-55-45)34(21-49(40)44(53)60-46)47-56-24-31-17-14-16-30-15-12-13-18-33(30)31/h12-18,25-29,32,35-36,38-41,43,51H,11,19-24H2,1-10H3/b47-34-/t25-,26-,27+,28+,29-,32?,35+,36-,38-,39+,40+,41-,43+,45?,46?/m1/s1. The number of rotatable bonds is 7. The van der Waals surface area contributed by atoms with Gasteiger partial charge in [-0.3, -0.25) is 14.5 Å². The first-order chi connectivity index (χ1) is 28.5. The maximum absolute atomic E-state index is 14.9. The minimum Gasteiger partial charge on any atom is -0.458 e. The minimum atomic E-state index is -1.38. The molecule has 0 radical (unpaired) electrons. The normalized spacial score (nSPS) is 41.1. The number of ketones is 1. The van der Waals surface area contributed by atoms with E-state index in [-0.39, 0.29) is 50.7 Å². The number of carbonyl (C=O) groups excluding carboxylic acids is 3. The molecule has 15 atom stereocenters. The first-order valence-corrected chi connectivity index (χ1v) is 21.8. The first kappa shape index (κ1) is 44.4. The van der Waals surface area contributed by atoms with Crippen LogP contribution in [0.15, 0.2) is 47.6 Å². The molecule has 14 heteroatoms. The molecule has 5 heterocycles. The highest BCUT2D eigenvalue weighted by Crippen LogP contribution is 2.45. The molecule has 3 unspecified atom stereocenters. The Kier molecular flexibility index (Phi) is 13.0. The number of amides is 1. The second-order valence-corrected chi connectivity index (χ2v) is 18.6. The van der Waals surface area contributed by atoms with Crippen LogP contribution >= 0.6 is 0 Å². The summed E-state index contributed by atoms with van der Waals surface area (Å²) in [6.45, 7) is 15.2. The molecule has 14 nitrogen and oxygen atoms in total. The number of aliphatic hydroxyl groups is 1. The summed E-state index contributed by atoms with van der Waals surface area (Å²) < 4.78 is 39.9. The van der Waals surface area contributed by atoms with E-state index in [0.717, 1.165) is 16.3 Å². The molecule has 5 aliphatic heterocycles. The van der Waals surface area contributed by atoms with Gasteiger partial charge in [-0.15, -0.1) is 0 Å². The Labute approximate surface area is 354 Å². The molecule has 60 heavy (non-hydrogen) atoms. The number of Topliss-reactive ketones (excluding diaryl/α,β-unsaturated/α-hetero) is 1. The van der Waals surface area contributed by atoms with Crippen LogP contribution in [0.2, 0.25) is 0 Å². The fourth-order valence-electron chi connectivity index (χ4n) is 10.8. The van der Waals surface area contributed by atoms with Crippen molar-refractivity contribution in [3.05, 3.63) is 48.0 Å². The van der Waals surface area contributed by atoms with Crippen LogP contribution < -0.4 is 0 Å². The molecule has 0 aliphatic carbocycles. The highest BCUT2D eigenvalue weighted by Gasteiger charge is 2.61. The molecule has 5 fully saturated rings. The number of hydrogen-bond donors (Lipinski definition) is 1. The number of aliphatic hydroxyl groups excluding tert-OH is 1. The number of fused-ring (bicyclic) bond motifs is 6. The fourth-order valence-corrected chi connectivity index (χ4v) is 10.8. The highest BCUT2D eigenvalue weighted by molar-refractivity contribution is 5.92. The van der Waals surface area contributed by atoms with Crippen LogP contribution in [0.5, 0.6) is 0 Å². The Morgan fingerprint density at radius 3 is 2.45 bits per heavy atom. The van der Waals surface area contributed by atoms with E-state index < -0.39 is 89.6 Å². The summed E-state index contributed by atoms with van der Waals surface area (Å²) in [5, 5.41) is 18.6. The zero-order valence-corrected chi connectivity index (χ0v) is 36.9. The highest BCUT2D eigenvalue weighted by atomic mass is 16.7. The van der Waals surface area contributed by atoms with E-state index in [1.165, 1.54) is 0 Å². The van der Waals surface area contributed by atoms with Gasteiger partial charge in [0.2, 0.25) is 0 Å². The number of hydrogen-bond acceptors (Lipinski definition) is 13. The average Bonchev–Trinajstić information content (AvgIpc) is 3.49. The second kappa shape index (κ2) is 17.6. The predicted octanol–water partition coefficient (Wildman–Crippen LogP) is 5.75. The van der Waals surface area contributed by atoms with Gasteiger partial charge in [-0.25, -0.2) is 4.79 Å². The Morgan fingerprint density at radius 2 is 1.72 bits per heavy atom. The van der Waals surface area contributed by atoms with E-state index >= 15 is 0 Å². The summed E-state index contributed by atoms with van der Waals surface area (Å²) in [6, 6.07) is 13.0. The van der Waals surface area contributed by atoms with E-state index in [1.807, 2.05) is 103 Å². The number of likely N-dealkylation sites (N-methyl/N-ethyl adjacent to an activating group) is 1. The van der Waals surface area contributed by atoms with Gasteiger partial charge in [-0.2, -0.15) is 0 Å². The Hall–Kier alpha value is -3.66. The molecular weight excluding hydrogens is 771 g/mol. The van der Waals surface area contributed by atoms with Crippen molar-refractivity contribution in [2.75, 3.05) is 33.9 Å². The number of benzene rings is 2. The van der Waals surface area contributed by atoms with Gasteiger partial charge in [0.25, 0.3) is 0 Å². The lowest BCUT2D eigenvalue weighted by molar-refractivity contribution is -0.302. The molecule has 5 saturated heterocycles. The van der Waals surface area contributed by atoms with Gasteiger partial charge in [0.05, 0.1) is 61.3 Å². The maximum Gasteiger partial charge on any atom is 0.411 e. The molecule has 5 aliphatic rings. The van der Waals surface area contributed by atoms with E-state index in [4.69, 9.17) is 38.4 Å². The van der Waals surface area contributed by atoms with Crippen molar-refractivity contribution in [3.8, 4) is 0 Å². The maximum atomic E-state index is 14.9. The minimum absolute atomic E-state index is 0.0504. The Bertz CT molecular complexity index is 1920. The van der Waals surface area contributed by atoms with Crippen LogP contribution in [0, 0.1) is 29.6 Å². The molecule has 2 aromatic carbocycles. The van der Waals surface area contributed by atoms with E-state index in [0.29, 0.717) is 18.6 Å². The zero-order valence-electron chi connectivity index (χ0n) is 36.9. The van der Waals surface area contributed by atoms with Gasteiger partial charge >= 0.3 is 12.1 Å². The zero-order chi connectivity index (χ0) is 43.3. The topological polar surface area (TPSA) is 155 Å². The molecule has 0 saturated carbocycles. The average molecular weight is 836 g/mol. The van der Waals surface area contributed by atoms with Crippen molar-refractivity contribution in [1.29, 1.82) is 0 Å². The molecule has 0 aromatic heterocycles. The van der Waals surface area contributed by atoms with Gasteiger partial charge in [0.1, 0.15) is 24.6 Å². The monoisotopic (exact) mass is 835 g/mol. The van der Waals surface area contributed by atoms with Crippen LogP contribution in [-0.4, -0.2) is 132 Å². The van der Waals surface area contributed by atoms with Crippen LogP contribution in [0.3, 0.4) is 0 Å². The molecule has 1 amide bonds. The molecule has 0 spiro atoms. The summed E-state index contributed by atoms with van der Waals surface area (Å²) in [4.78, 5) is 53.3. The second-order valence-electron chi connectivity index (χ2n) is 18.6. The molecule has 1 N–H and O–H groups in total. The van der Waals surface area contributed by atoms with Gasteiger partial charge in [-0.1, -0.05) is 75.3 Å². The lowest BCUT2D eigenvalue weighted by Gasteiger charge is -2.48. The van der Waals surface area contributed by atoms with Crippen LogP contribution in [0.1, 0.15) is 80.2 Å². The molecule has 330 valence electrons. The van der Waals surface area contributed by atoms with Crippen LogP contribution in [0.4, 0.5) is 4.79 Å². The third-order valence-electron chi connectivity index (χ3n) is 14.1. The fraction of sp³-hybridized carbons (Fsp3) is 0.696. The van der Waals surface area contributed by atoms with Gasteiger partial charge in [0.15, 0.2) is 11.9 Å². The van der Waals surface area contributed by atoms with E-state index in [2.05, 4.69) is 0 Å².